The number of fused-ring (bicyclic) bond motifs is 1. The Balaban J connectivity index is 1.76. The van der Waals surface area contributed by atoms with Crippen molar-refractivity contribution in [2.24, 2.45) is 21.7 Å². The Morgan fingerprint density at radius 3 is 1.34 bits per heavy atom. The number of benzene rings is 2. The normalized spacial score (nSPS) is 46.6. The molecule has 3 aliphatic carbocycles. The fourth-order valence-electron chi connectivity index (χ4n) is 9.51. The minimum Gasteiger partial charge on any atom is -0.448 e. The van der Waals surface area contributed by atoms with Gasteiger partial charge in [0.05, 0.1) is 10.8 Å². The van der Waals surface area contributed by atoms with Gasteiger partial charge in [-0.15, -0.1) is 0 Å². The van der Waals surface area contributed by atoms with E-state index < -0.39 is 44.8 Å². The first-order valence-corrected chi connectivity index (χ1v) is 11.6. The summed E-state index contributed by atoms with van der Waals surface area (Å²) < 4.78 is 13.1. The molecule has 2 spiro atoms. The molecule has 3 saturated carbocycles. The summed E-state index contributed by atoms with van der Waals surface area (Å²) in [6.45, 7) is 3.93. The molecular weight excluding hydrogens is 404 g/mol. The number of hydrogen-bond acceptors (Lipinski definition) is 5. The molecule has 5 fully saturated rings. The van der Waals surface area contributed by atoms with Crippen molar-refractivity contribution in [2.75, 3.05) is 0 Å². The Bertz CT molecular complexity index is 1140. The zero-order valence-corrected chi connectivity index (χ0v) is 18.1. The lowest BCUT2D eigenvalue weighted by molar-refractivity contribution is -0.234. The number of Topliss-reactive ketones (excluding diaryl/α,β-unsaturated/α-hetero) is 1. The molecule has 162 valence electrons. The second-order valence-electron chi connectivity index (χ2n) is 10.0. The maximum atomic E-state index is 14.8. The second-order valence-corrected chi connectivity index (χ2v) is 10.0. The van der Waals surface area contributed by atoms with Crippen molar-refractivity contribution in [3.05, 3.63) is 71.8 Å². The van der Waals surface area contributed by atoms with E-state index in [4.69, 9.17) is 9.47 Å². The molecule has 0 amide bonds. The van der Waals surface area contributed by atoms with E-state index in [1.165, 1.54) is 0 Å². The quantitative estimate of drug-likeness (QED) is 0.688. The highest BCUT2D eigenvalue weighted by atomic mass is 16.6. The summed E-state index contributed by atoms with van der Waals surface area (Å²) >= 11 is 0. The van der Waals surface area contributed by atoms with E-state index in [-0.39, 0.29) is 5.78 Å². The predicted molar refractivity (Wildman–Crippen MR) is 113 cm³/mol. The second kappa shape index (κ2) is 5.00. The van der Waals surface area contributed by atoms with Crippen LogP contribution in [0.25, 0.3) is 0 Å². The standard InChI is InChI=1S/C27H24O5/c1-3-22-19(28)23(4-2)25-16-15-24(22,25)20(29)31-26(22,17-11-7-5-8-12-17)27(23,32-21(25)30)18-13-9-6-10-14-18/h5-14H,3-4,15-16H2,1-2H3/t22-,23+,24-,25+,26+,27-. The van der Waals surface area contributed by atoms with E-state index in [0.29, 0.717) is 25.7 Å². The molecule has 0 unspecified atom stereocenters. The number of ether oxygens (including phenoxy) is 2. The van der Waals surface area contributed by atoms with Gasteiger partial charge in [0.15, 0.2) is 17.0 Å². The third-order valence-corrected chi connectivity index (χ3v) is 10.1. The van der Waals surface area contributed by atoms with Gasteiger partial charge in [-0.25, -0.2) is 0 Å². The summed E-state index contributed by atoms with van der Waals surface area (Å²) in [6.07, 6.45) is 1.81. The van der Waals surface area contributed by atoms with Crippen LogP contribution in [0.2, 0.25) is 0 Å². The van der Waals surface area contributed by atoms with Crippen molar-refractivity contribution in [1.29, 1.82) is 0 Å². The largest absolute Gasteiger partial charge is 0.448 e. The van der Waals surface area contributed by atoms with Crippen LogP contribution >= 0.6 is 0 Å². The summed E-state index contributed by atoms with van der Waals surface area (Å²) in [4.78, 5) is 42.7. The molecule has 5 aliphatic rings. The fraction of sp³-hybridized carbons (Fsp3) is 0.444. The highest BCUT2D eigenvalue weighted by Gasteiger charge is 3.11. The molecule has 32 heavy (non-hydrogen) atoms. The van der Waals surface area contributed by atoms with Crippen molar-refractivity contribution in [2.45, 2.75) is 50.7 Å². The van der Waals surface area contributed by atoms with E-state index in [9.17, 15) is 14.4 Å². The number of carbonyl (C=O) groups excluding carboxylic acids is 3. The Morgan fingerprint density at radius 1 is 0.656 bits per heavy atom. The van der Waals surface area contributed by atoms with Crippen molar-refractivity contribution in [3.8, 4) is 0 Å². The Labute approximate surface area is 186 Å². The Hall–Kier alpha value is -2.95. The Kier molecular flexibility index (Phi) is 2.91. The summed E-state index contributed by atoms with van der Waals surface area (Å²) in [5.41, 5.74) is -5.91. The topological polar surface area (TPSA) is 69.7 Å². The van der Waals surface area contributed by atoms with Gasteiger partial charge in [0.1, 0.15) is 10.8 Å². The van der Waals surface area contributed by atoms with Gasteiger partial charge in [0.25, 0.3) is 0 Å². The average molecular weight is 428 g/mol. The molecule has 2 bridgehead atoms. The molecule has 2 aliphatic heterocycles. The Morgan fingerprint density at radius 2 is 1.03 bits per heavy atom. The van der Waals surface area contributed by atoms with Crippen LogP contribution in [-0.4, -0.2) is 17.7 Å². The first-order chi connectivity index (χ1) is 15.4. The molecule has 2 aromatic carbocycles. The van der Waals surface area contributed by atoms with Crippen LogP contribution in [0.15, 0.2) is 60.7 Å². The van der Waals surface area contributed by atoms with Gasteiger partial charge in [-0.05, 0) is 25.7 Å². The molecule has 5 heteroatoms. The number of esters is 2. The molecule has 0 radical (unpaired) electrons. The molecule has 7 rings (SSSR count). The van der Waals surface area contributed by atoms with Crippen LogP contribution in [-0.2, 0) is 35.1 Å². The van der Waals surface area contributed by atoms with E-state index in [1.807, 2.05) is 74.5 Å². The van der Waals surface area contributed by atoms with Crippen LogP contribution in [0, 0.1) is 21.7 Å². The summed E-state index contributed by atoms with van der Waals surface area (Å²) in [5, 5.41) is 0. The van der Waals surface area contributed by atoms with Gasteiger partial charge in [-0.3, -0.25) is 14.4 Å². The van der Waals surface area contributed by atoms with Crippen molar-refractivity contribution in [3.63, 3.8) is 0 Å². The number of hydrogen-bond donors (Lipinski definition) is 0. The van der Waals surface area contributed by atoms with Crippen LogP contribution in [0.3, 0.4) is 0 Å². The van der Waals surface area contributed by atoms with Gasteiger partial charge >= 0.3 is 11.9 Å². The number of rotatable bonds is 4. The lowest BCUT2D eigenvalue weighted by Gasteiger charge is -2.61. The van der Waals surface area contributed by atoms with Crippen LogP contribution < -0.4 is 0 Å². The van der Waals surface area contributed by atoms with Crippen LogP contribution in [0.5, 0.6) is 0 Å². The number of carbonyl (C=O) groups is 3. The molecule has 0 aromatic heterocycles. The van der Waals surface area contributed by atoms with E-state index in [0.717, 1.165) is 11.1 Å². The van der Waals surface area contributed by atoms with Gasteiger partial charge in [-0.1, -0.05) is 74.5 Å². The predicted octanol–water partition coefficient (Wildman–Crippen LogP) is 4.05. The maximum Gasteiger partial charge on any atom is 0.315 e. The van der Waals surface area contributed by atoms with Gasteiger partial charge in [0, 0.05) is 11.1 Å². The maximum absolute atomic E-state index is 14.8. The van der Waals surface area contributed by atoms with Crippen LogP contribution in [0.1, 0.15) is 50.7 Å². The van der Waals surface area contributed by atoms with Gasteiger partial charge in [0.2, 0.25) is 0 Å². The van der Waals surface area contributed by atoms with Crippen molar-refractivity contribution in [1.82, 2.24) is 0 Å². The van der Waals surface area contributed by atoms with Crippen molar-refractivity contribution < 1.29 is 23.9 Å². The molecule has 2 saturated heterocycles. The number of ketones is 1. The van der Waals surface area contributed by atoms with Crippen molar-refractivity contribution >= 4 is 17.7 Å². The molecule has 2 heterocycles. The average Bonchev–Trinajstić information content (AvgIpc) is 3.30. The first kappa shape index (κ1) is 18.6. The summed E-state index contributed by atoms with van der Waals surface area (Å²) in [5.74, 6) is -0.808. The monoisotopic (exact) mass is 428 g/mol. The molecule has 0 N–H and O–H groups in total. The highest BCUT2D eigenvalue weighted by Crippen LogP contribution is 2.99. The third kappa shape index (κ3) is 1.16. The van der Waals surface area contributed by atoms with E-state index >= 15 is 0 Å². The third-order valence-electron chi connectivity index (χ3n) is 10.1. The van der Waals surface area contributed by atoms with Gasteiger partial charge in [-0.2, -0.15) is 0 Å². The zero-order chi connectivity index (χ0) is 22.2. The van der Waals surface area contributed by atoms with Crippen LogP contribution in [0.4, 0.5) is 0 Å². The first-order valence-electron chi connectivity index (χ1n) is 11.6. The summed E-state index contributed by atoms with van der Waals surface area (Å²) in [6, 6.07) is 19.0. The van der Waals surface area contributed by atoms with Gasteiger partial charge < -0.3 is 9.47 Å². The molecule has 5 nitrogen and oxygen atoms in total. The minimum absolute atomic E-state index is 0.0168. The molecular formula is C27H24O5. The lowest BCUT2D eigenvalue weighted by atomic mass is 9.33. The molecule has 2 aromatic rings. The summed E-state index contributed by atoms with van der Waals surface area (Å²) in [7, 11) is 0. The molecule has 6 atom stereocenters. The highest BCUT2D eigenvalue weighted by molar-refractivity contribution is 6.18. The minimum atomic E-state index is -1.39. The SMILES string of the molecule is CC[C@]12C(=O)[C@]3(CC)[C@]45CC[C@@]41C(=O)O[C@@]2(c1ccccc1)[C@@]3(c1ccccc1)OC5=O. The fourth-order valence-corrected chi connectivity index (χ4v) is 9.51. The lowest BCUT2D eigenvalue weighted by Crippen LogP contribution is -2.70. The smallest absolute Gasteiger partial charge is 0.315 e. The van der Waals surface area contributed by atoms with E-state index in [1.54, 1.807) is 0 Å². The zero-order valence-electron chi connectivity index (χ0n) is 18.1. The van der Waals surface area contributed by atoms with E-state index in [2.05, 4.69) is 0 Å².